The van der Waals surface area contributed by atoms with Gasteiger partial charge in [-0.25, -0.2) is 0 Å². The lowest BCUT2D eigenvalue weighted by molar-refractivity contribution is -0.128. The number of benzene rings is 2. The van der Waals surface area contributed by atoms with E-state index in [0.29, 0.717) is 19.4 Å². The Balaban J connectivity index is 1.34. The average Bonchev–Trinajstić information content (AvgIpc) is 2.70. The van der Waals surface area contributed by atoms with Crippen LogP contribution in [0.3, 0.4) is 0 Å². The lowest BCUT2D eigenvalue weighted by Crippen LogP contribution is -2.47. The van der Waals surface area contributed by atoms with Crippen LogP contribution >= 0.6 is 0 Å². The quantitative estimate of drug-likeness (QED) is 0.572. The van der Waals surface area contributed by atoms with Gasteiger partial charge >= 0.3 is 0 Å². The van der Waals surface area contributed by atoms with E-state index in [9.17, 15) is 9.59 Å². The van der Waals surface area contributed by atoms with Gasteiger partial charge < -0.3 is 9.64 Å². The van der Waals surface area contributed by atoms with E-state index in [4.69, 9.17) is 4.74 Å². The highest BCUT2D eigenvalue weighted by Gasteiger charge is 2.18. The summed E-state index contributed by atoms with van der Waals surface area (Å²) in [7, 11) is 0. The number of nitrogens with one attached hydrogen (secondary N) is 2. The number of para-hydroxylation sites is 1. The SMILES string of the molecule is Cc1cccc(OCCCC(=O)NNC(=O)CN2CCCc3ccccc32)c1. The Bertz CT molecular complexity index is 822. The molecule has 0 unspecified atom stereocenters. The third-order valence-corrected chi connectivity index (χ3v) is 4.69. The van der Waals surface area contributed by atoms with E-state index in [1.807, 2.05) is 49.4 Å². The van der Waals surface area contributed by atoms with Crippen molar-refractivity contribution in [1.82, 2.24) is 10.9 Å². The van der Waals surface area contributed by atoms with Crippen LogP contribution in [0.2, 0.25) is 0 Å². The smallest absolute Gasteiger partial charge is 0.257 e. The molecule has 0 fully saturated rings. The van der Waals surface area contributed by atoms with Gasteiger partial charge in [-0.3, -0.25) is 20.4 Å². The van der Waals surface area contributed by atoms with Crippen molar-refractivity contribution in [2.45, 2.75) is 32.6 Å². The molecule has 0 bridgehead atoms. The number of nitrogens with zero attached hydrogens (tertiary/aromatic N) is 1. The number of hydrogen-bond acceptors (Lipinski definition) is 4. The molecule has 2 aromatic carbocycles. The molecule has 0 saturated heterocycles. The monoisotopic (exact) mass is 381 g/mol. The van der Waals surface area contributed by atoms with Crippen molar-refractivity contribution in [3.63, 3.8) is 0 Å². The normalized spacial score (nSPS) is 12.8. The molecule has 148 valence electrons. The maximum absolute atomic E-state index is 12.2. The fourth-order valence-electron chi connectivity index (χ4n) is 3.32. The van der Waals surface area contributed by atoms with Crippen LogP contribution in [0.15, 0.2) is 48.5 Å². The minimum atomic E-state index is -0.222. The van der Waals surface area contributed by atoms with Gasteiger partial charge in [-0.2, -0.15) is 0 Å². The van der Waals surface area contributed by atoms with Gasteiger partial charge in [-0.05, 0) is 55.5 Å². The van der Waals surface area contributed by atoms with Gasteiger partial charge in [-0.1, -0.05) is 30.3 Å². The highest BCUT2D eigenvalue weighted by molar-refractivity contribution is 5.85. The molecule has 1 aliphatic heterocycles. The average molecular weight is 381 g/mol. The number of hydrazine groups is 1. The van der Waals surface area contributed by atoms with Gasteiger partial charge in [0.15, 0.2) is 0 Å². The summed E-state index contributed by atoms with van der Waals surface area (Å²) < 4.78 is 5.62. The zero-order valence-corrected chi connectivity index (χ0v) is 16.2. The lowest BCUT2D eigenvalue weighted by atomic mass is 10.0. The molecule has 2 N–H and O–H groups in total. The summed E-state index contributed by atoms with van der Waals surface area (Å²) in [5.41, 5.74) is 8.49. The van der Waals surface area contributed by atoms with E-state index in [1.165, 1.54) is 5.56 Å². The lowest BCUT2D eigenvalue weighted by Gasteiger charge is -2.30. The zero-order chi connectivity index (χ0) is 19.8. The van der Waals surface area contributed by atoms with Crippen LogP contribution in [0.5, 0.6) is 5.75 Å². The standard InChI is InChI=1S/C22H27N3O3/c1-17-7-4-10-19(15-17)28-14-6-12-21(26)23-24-22(27)16-25-13-5-9-18-8-2-3-11-20(18)25/h2-4,7-8,10-11,15H,5-6,9,12-14,16H2,1H3,(H,23,26)(H,24,27). The topological polar surface area (TPSA) is 70.7 Å². The van der Waals surface area contributed by atoms with E-state index in [0.717, 1.165) is 36.4 Å². The van der Waals surface area contributed by atoms with Crippen LogP contribution in [0.1, 0.15) is 30.4 Å². The summed E-state index contributed by atoms with van der Waals surface area (Å²) >= 11 is 0. The van der Waals surface area contributed by atoms with Crippen LogP contribution < -0.4 is 20.5 Å². The van der Waals surface area contributed by atoms with Crippen molar-refractivity contribution in [3.05, 3.63) is 59.7 Å². The second-order valence-corrected chi connectivity index (χ2v) is 7.02. The number of anilines is 1. The molecule has 0 spiro atoms. The Kier molecular flexibility index (Phi) is 6.89. The van der Waals surface area contributed by atoms with Crippen molar-refractivity contribution < 1.29 is 14.3 Å². The van der Waals surface area contributed by atoms with E-state index in [-0.39, 0.29) is 18.4 Å². The Labute approximate surface area is 165 Å². The first-order valence-electron chi connectivity index (χ1n) is 9.72. The van der Waals surface area contributed by atoms with E-state index < -0.39 is 0 Å². The minimum Gasteiger partial charge on any atom is -0.494 e. The highest BCUT2D eigenvalue weighted by Crippen LogP contribution is 2.26. The van der Waals surface area contributed by atoms with Gasteiger partial charge in [0.1, 0.15) is 5.75 Å². The molecular weight excluding hydrogens is 354 g/mol. The second kappa shape index (κ2) is 9.78. The van der Waals surface area contributed by atoms with Crippen LogP contribution in [0, 0.1) is 6.92 Å². The van der Waals surface area contributed by atoms with Gasteiger partial charge in [0.2, 0.25) is 5.91 Å². The zero-order valence-electron chi connectivity index (χ0n) is 16.2. The summed E-state index contributed by atoms with van der Waals surface area (Å²) in [6.07, 6.45) is 2.93. The largest absolute Gasteiger partial charge is 0.494 e. The second-order valence-electron chi connectivity index (χ2n) is 7.02. The third-order valence-electron chi connectivity index (χ3n) is 4.69. The Morgan fingerprint density at radius 2 is 1.89 bits per heavy atom. The maximum Gasteiger partial charge on any atom is 0.257 e. The maximum atomic E-state index is 12.2. The Morgan fingerprint density at radius 3 is 2.75 bits per heavy atom. The molecule has 2 amide bonds. The number of hydrogen-bond donors (Lipinski definition) is 2. The minimum absolute atomic E-state index is 0.221. The van der Waals surface area contributed by atoms with Crippen molar-refractivity contribution in [2.75, 3.05) is 24.6 Å². The molecule has 2 aromatic rings. The number of carbonyl (C=O) groups is 2. The van der Waals surface area contributed by atoms with Gasteiger partial charge in [-0.15, -0.1) is 0 Å². The van der Waals surface area contributed by atoms with Crippen molar-refractivity contribution in [3.8, 4) is 5.75 Å². The Hall–Kier alpha value is -3.02. The predicted octanol–water partition coefficient (Wildman–Crippen LogP) is 2.75. The number of amides is 2. The van der Waals surface area contributed by atoms with Crippen LogP contribution in [0.25, 0.3) is 0 Å². The highest BCUT2D eigenvalue weighted by atomic mass is 16.5. The van der Waals surface area contributed by atoms with Crippen LogP contribution in [-0.2, 0) is 16.0 Å². The molecular formula is C22H27N3O3. The fraction of sp³-hybridized carbons (Fsp3) is 0.364. The Morgan fingerprint density at radius 1 is 1.07 bits per heavy atom. The molecule has 6 heteroatoms. The molecule has 1 heterocycles. The number of fused-ring (bicyclic) bond motifs is 1. The predicted molar refractivity (Wildman–Crippen MR) is 109 cm³/mol. The third kappa shape index (κ3) is 5.74. The molecule has 1 aliphatic rings. The molecule has 0 aliphatic carbocycles. The summed E-state index contributed by atoms with van der Waals surface area (Å²) in [6, 6.07) is 15.9. The summed E-state index contributed by atoms with van der Waals surface area (Å²) in [5.74, 6) is 0.358. The first-order chi connectivity index (χ1) is 13.6. The molecule has 0 radical (unpaired) electrons. The molecule has 0 saturated carbocycles. The summed E-state index contributed by atoms with van der Waals surface area (Å²) in [5, 5.41) is 0. The number of rotatable bonds is 7. The first kappa shape index (κ1) is 19.7. The van der Waals surface area contributed by atoms with E-state index in [1.54, 1.807) is 0 Å². The number of aryl methyl sites for hydroxylation is 2. The van der Waals surface area contributed by atoms with Crippen molar-refractivity contribution >= 4 is 17.5 Å². The van der Waals surface area contributed by atoms with Crippen LogP contribution in [-0.4, -0.2) is 31.5 Å². The van der Waals surface area contributed by atoms with E-state index >= 15 is 0 Å². The summed E-state index contributed by atoms with van der Waals surface area (Å²) in [6.45, 7) is 3.53. The number of carbonyl (C=O) groups excluding carboxylic acids is 2. The molecule has 0 atom stereocenters. The molecule has 3 rings (SSSR count). The first-order valence-corrected chi connectivity index (χ1v) is 9.72. The number of ether oxygens (including phenoxy) is 1. The van der Waals surface area contributed by atoms with Gasteiger partial charge in [0, 0.05) is 18.7 Å². The summed E-state index contributed by atoms with van der Waals surface area (Å²) in [4.78, 5) is 26.1. The molecule has 6 nitrogen and oxygen atoms in total. The van der Waals surface area contributed by atoms with Gasteiger partial charge in [0.05, 0.1) is 13.2 Å². The van der Waals surface area contributed by atoms with Crippen LogP contribution in [0.4, 0.5) is 5.69 Å². The van der Waals surface area contributed by atoms with Crippen molar-refractivity contribution in [2.24, 2.45) is 0 Å². The molecule has 0 aromatic heterocycles. The van der Waals surface area contributed by atoms with Gasteiger partial charge in [0.25, 0.3) is 5.91 Å². The van der Waals surface area contributed by atoms with E-state index in [2.05, 4.69) is 21.8 Å². The van der Waals surface area contributed by atoms with Crippen molar-refractivity contribution in [1.29, 1.82) is 0 Å². The fourth-order valence-corrected chi connectivity index (χ4v) is 3.32. The molecule has 28 heavy (non-hydrogen) atoms.